The molecule has 1 aromatic rings. The third-order valence-electron chi connectivity index (χ3n) is 3.21. The summed E-state index contributed by atoms with van der Waals surface area (Å²) in [5.74, 6) is 2.69. The molecule has 106 valence electrons. The maximum absolute atomic E-state index is 12.9. The van der Waals surface area contributed by atoms with Crippen LogP contribution in [0.1, 0.15) is 18.4 Å². The number of thioether (sulfide) groups is 1. The number of halogens is 4. The average Bonchev–Trinajstić information content (AvgIpc) is 2.36. The molecule has 2 rings (SSSR count). The molecule has 0 atom stereocenters. The molecule has 1 aliphatic rings. The summed E-state index contributed by atoms with van der Waals surface area (Å²) in [5, 5.41) is 2.97. The van der Waals surface area contributed by atoms with Gasteiger partial charge in [0.15, 0.2) is 0 Å². The third kappa shape index (κ3) is 4.31. The van der Waals surface area contributed by atoms with Gasteiger partial charge in [0.25, 0.3) is 0 Å². The van der Waals surface area contributed by atoms with Gasteiger partial charge in [-0.15, -0.1) is 0 Å². The fraction of sp³-hybridized carbons (Fsp3) is 0.538. The van der Waals surface area contributed by atoms with Crippen LogP contribution in [-0.2, 0) is 6.18 Å². The van der Waals surface area contributed by atoms with Crippen molar-refractivity contribution in [2.45, 2.75) is 19.0 Å². The van der Waals surface area contributed by atoms with Gasteiger partial charge >= 0.3 is 6.18 Å². The van der Waals surface area contributed by atoms with Crippen LogP contribution in [0.2, 0.25) is 0 Å². The predicted octanol–water partition coefficient (Wildman–Crippen LogP) is 5.02. The minimum absolute atomic E-state index is 0.167. The van der Waals surface area contributed by atoms with Gasteiger partial charge in [-0.2, -0.15) is 24.9 Å². The Bertz CT molecular complexity index is 430. The Morgan fingerprint density at radius 2 is 1.95 bits per heavy atom. The number of benzene rings is 1. The number of hydrogen-bond donors (Lipinski definition) is 1. The molecule has 1 heterocycles. The van der Waals surface area contributed by atoms with E-state index in [1.165, 1.54) is 12.1 Å². The van der Waals surface area contributed by atoms with Gasteiger partial charge in [0.05, 0.1) is 5.56 Å². The molecule has 0 radical (unpaired) electrons. The van der Waals surface area contributed by atoms with Crippen molar-refractivity contribution in [1.29, 1.82) is 0 Å². The quantitative estimate of drug-likeness (QED) is 0.818. The second-order valence-corrected chi connectivity index (χ2v) is 6.76. The molecule has 1 saturated heterocycles. The summed E-state index contributed by atoms with van der Waals surface area (Å²) >= 11 is 5.13. The van der Waals surface area contributed by atoms with E-state index in [1.807, 2.05) is 11.8 Å². The van der Waals surface area contributed by atoms with Crippen LogP contribution >= 0.6 is 27.7 Å². The Kier molecular flexibility index (Phi) is 5.06. The lowest BCUT2D eigenvalue weighted by atomic mass is 10.0. The van der Waals surface area contributed by atoms with E-state index in [2.05, 4.69) is 21.2 Å². The monoisotopic (exact) mass is 353 g/mol. The van der Waals surface area contributed by atoms with E-state index in [1.54, 1.807) is 0 Å². The zero-order chi connectivity index (χ0) is 13.9. The van der Waals surface area contributed by atoms with Crippen LogP contribution in [0.4, 0.5) is 18.9 Å². The molecular formula is C13H15BrF3NS. The fourth-order valence-corrected chi connectivity index (χ4v) is 3.68. The molecule has 0 unspecified atom stereocenters. The highest BCUT2D eigenvalue weighted by molar-refractivity contribution is 9.10. The summed E-state index contributed by atoms with van der Waals surface area (Å²) in [6, 6.07) is 4.04. The van der Waals surface area contributed by atoms with E-state index in [0.717, 1.165) is 30.4 Å². The molecule has 1 nitrogen and oxygen atoms in total. The molecule has 0 saturated carbocycles. The van der Waals surface area contributed by atoms with E-state index in [0.29, 0.717) is 16.9 Å². The number of anilines is 1. The van der Waals surface area contributed by atoms with Crippen molar-refractivity contribution in [2.75, 3.05) is 23.4 Å². The van der Waals surface area contributed by atoms with Crippen molar-refractivity contribution in [3.63, 3.8) is 0 Å². The lowest BCUT2D eigenvalue weighted by molar-refractivity contribution is -0.137. The summed E-state index contributed by atoms with van der Waals surface area (Å²) in [4.78, 5) is 0. The standard InChI is InChI=1S/C13H15BrF3NS/c14-10-1-2-11(13(15,16)17)12(7-10)18-8-9-3-5-19-6-4-9/h1-2,7,9,18H,3-6,8H2. The number of rotatable bonds is 3. The van der Waals surface area contributed by atoms with E-state index >= 15 is 0 Å². The first-order chi connectivity index (χ1) is 8.97. The van der Waals surface area contributed by atoms with E-state index < -0.39 is 11.7 Å². The lowest BCUT2D eigenvalue weighted by Gasteiger charge is -2.23. The van der Waals surface area contributed by atoms with Crippen LogP contribution in [0.15, 0.2) is 22.7 Å². The summed E-state index contributed by atoms with van der Waals surface area (Å²) in [7, 11) is 0. The first kappa shape index (κ1) is 15.0. The minimum atomic E-state index is -4.31. The zero-order valence-corrected chi connectivity index (χ0v) is 12.7. The summed E-state index contributed by atoms with van der Waals surface area (Å²) in [5.41, 5.74) is -0.430. The number of nitrogens with one attached hydrogen (secondary N) is 1. The molecule has 0 aromatic heterocycles. The largest absolute Gasteiger partial charge is 0.418 e. The van der Waals surface area contributed by atoms with E-state index in [-0.39, 0.29) is 5.69 Å². The highest BCUT2D eigenvalue weighted by Crippen LogP contribution is 2.36. The third-order valence-corrected chi connectivity index (χ3v) is 4.75. The van der Waals surface area contributed by atoms with Crippen molar-refractivity contribution in [3.8, 4) is 0 Å². The van der Waals surface area contributed by atoms with Gasteiger partial charge < -0.3 is 5.32 Å². The summed E-state index contributed by atoms with van der Waals surface area (Å²) in [6.45, 7) is 0.611. The topological polar surface area (TPSA) is 12.0 Å². The molecule has 0 spiro atoms. The van der Waals surface area contributed by atoms with Crippen LogP contribution in [0.3, 0.4) is 0 Å². The second-order valence-electron chi connectivity index (χ2n) is 4.62. The molecule has 0 bridgehead atoms. The predicted molar refractivity (Wildman–Crippen MR) is 77.7 cm³/mol. The van der Waals surface area contributed by atoms with Gasteiger partial charge in [-0.3, -0.25) is 0 Å². The molecule has 1 fully saturated rings. The normalized spacial score (nSPS) is 17.5. The summed E-state index contributed by atoms with van der Waals surface area (Å²) in [6.07, 6.45) is -2.16. The Hall–Kier alpha value is -0.360. The van der Waals surface area contributed by atoms with Crippen molar-refractivity contribution in [3.05, 3.63) is 28.2 Å². The first-order valence-corrected chi connectivity index (χ1v) is 8.10. The van der Waals surface area contributed by atoms with Crippen LogP contribution in [0.5, 0.6) is 0 Å². The van der Waals surface area contributed by atoms with E-state index in [9.17, 15) is 13.2 Å². The SMILES string of the molecule is FC(F)(F)c1ccc(Br)cc1NCC1CCSCC1. The van der Waals surface area contributed by atoms with Crippen LogP contribution in [-0.4, -0.2) is 18.1 Å². The average molecular weight is 354 g/mol. The van der Waals surface area contributed by atoms with Crippen molar-refractivity contribution < 1.29 is 13.2 Å². The van der Waals surface area contributed by atoms with E-state index in [4.69, 9.17) is 0 Å². The number of alkyl halides is 3. The Labute approximate surface area is 123 Å². The molecule has 6 heteroatoms. The van der Waals surface area contributed by atoms with Gasteiger partial charge in [-0.1, -0.05) is 15.9 Å². The second kappa shape index (κ2) is 6.39. The lowest BCUT2D eigenvalue weighted by Crippen LogP contribution is -2.20. The van der Waals surface area contributed by atoms with Gasteiger partial charge in [-0.25, -0.2) is 0 Å². The Balaban J connectivity index is 2.07. The summed E-state index contributed by atoms with van der Waals surface area (Å²) < 4.78 is 39.3. The molecule has 0 amide bonds. The maximum Gasteiger partial charge on any atom is 0.418 e. The van der Waals surface area contributed by atoms with Crippen LogP contribution < -0.4 is 5.32 Å². The Morgan fingerprint density at radius 1 is 1.26 bits per heavy atom. The Morgan fingerprint density at radius 3 is 2.58 bits per heavy atom. The van der Waals surface area contributed by atoms with Crippen LogP contribution in [0, 0.1) is 5.92 Å². The molecular weight excluding hydrogens is 339 g/mol. The van der Waals surface area contributed by atoms with Gasteiger partial charge in [0.1, 0.15) is 0 Å². The fourth-order valence-electron chi connectivity index (χ4n) is 2.11. The van der Waals surface area contributed by atoms with Gasteiger partial charge in [0, 0.05) is 16.7 Å². The smallest absolute Gasteiger partial charge is 0.384 e. The molecule has 0 aliphatic carbocycles. The zero-order valence-electron chi connectivity index (χ0n) is 10.3. The highest BCUT2D eigenvalue weighted by atomic mass is 79.9. The molecule has 1 aliphatic heterocycles. The number of hydrogen-bond acceptors (Lipinski definition) is 2. The van der Waals surface area contributed by atoms with Gasteiger partial charge in [0.2, 0.25) is 0 Å². The van der Waals surface area contributed by atoms with Crippen molar-refractivity contribution in [1.82, 2.24) is 0 Å². The molecule has 1 aromatic carbocycles. The molecule has 19 heavy (non-hydrogen) atoms. The highest BCUT2D eigenvalue weighted by Gasteiger charge is 2.33. The minimum Gasteiger partial charge on any atom is -0.384 e. The van der Waals surface area contributed by atoms with Gasteiger partial charge in [-0.05, 0) is 48.5 Å². The van der Waals surface area contributed by atoms with Crippen molar-refractivity contribution >= 4 is 33.4 Å². The van der Waals surface area contributed by atoms with Crippen LogP contribution in [0.25, 0.3) is 0 Å². The van der Waals surface area contributed by atoms with Crippen molar-refractivity contribution in [2.24, 2.45) is 5.92 Å². The molecule has 1 N–H and O–H groups in total. The first-order valence-electron chi connectivity index (χ1n) is 6.15. The maximum atomic E-state index is 12.9.